The number of allylic oxidation sites excluding steroid dienone is 2. The fraction of sp³-hybridized carbons (Fsp3) is 0.250. The van der Waals surface area contributed by atoms with Gasteiger partial charge in [-0.3, -0.25) is 9.69 Å². The van der Waals surface area contributed by atoms with Gasteiger partial charge >= 0.3 is 5.97 Å². The number of hydrogen-bond donors (Lipinski definition) is 1. The average Bonchev–Trinajstić information content (AvgIpc) is 2.79. The van der Waals surface area contributed by atoms with E-state index in [4.69, 9.17) is 26.8 Å². The number of benzene rings is 2. The maximum absolute atomic E-state index is 13.2. The van der Waals surface area contributed by atoms with Crippen LogP contribution in [0, 0.1) is 0 Å². The SMILES string of the molecule is COC(=O)C1=C(N)N(c2ccc(Cl)cc2)C2=C(C(=O)CCC2)[C@@H]1c1ccc(OC)cc1. The van der Waals surface area contributed by atoms with Gasteiger partial charge in [-0.15, -0.1) is 0 Å². The Labute approximate surface area is 185 Å². The van der Waals surface area contributed by atoms with E-state index in [1.165, 1.54) is 7.11 Å². The zero-order chi connectivity index (χ0) is 22.1. The van der Waals surface area contributed by atoms with Gasteiger partial charge in [0.05, 0.1) is 25.7 Å². The summed E-state index contributed by atoms with van der Waals surface area (Å²) in [6, 6.07) is 14.5. The van der Waals surface area contributed by atoms with Gasteiger partial charge in [-0.25, -0.2) is 4.79 Å². The Morgan fingerprint density at radius 3 is 2.35 bits per heavy atom. The maximum Gasteiger partial charge on any atom is 0.338 e. The van der Waals surface area contributed by atoms with Crippen molar-refractivity contribution in [1.82, 2.24) is 0 Å². The molecular formula is C24H23ClN2O4. The van der Waals surface area contributed by atoms with Gasteiger partial charge in [0.25, 0.3) is 0 Å². The highest BCUT2D eigenvalue weighted by atomic mass is 35.5. The van der Waals surface area contributed by atoms with E-state index in [2.05, 4.69) is 0 Å². The Balaban J connectivity index is 1.96. The third-order valence-corrected chi connectivity index (χ3v) is 5.98. The monoisotopic (exact) mass is 438 g/mol. The molecule has 0 fully saturated rings. The standard InChI is InChI=1S/C24H23ClN2O4/c1-30-17-12-6-14(7-13-17)20-21-18(4-3-5-19(21)28)27(16-10-8-15(25)9-11-16)23(26)22(20)24(29)31-2/h6-13,20H,3-5,26H2,1-2H3/t20-/m0/s1. The number of ether oxygens (including phenoxy) is 2. The van der Waals surface area contributed by atoms with Crippen molar-refractivity contribution in [3.63, 3.8) is 0 Å². The Kier molecular flexibility index (Phi) is 5.74. The third kappa shape index (κ3) is 3.68. The molecule has 160 valence electrons. The minimum atomic E-state index is -0.607. The summed E-state index contributed by atoms with van der Waals surface area (Å²) in [4.78, 5) is 27.9. The number of anilines is 1. The summed E-state index contributed by atoms with van der Waals surface area (Å²) >= 11 is 6.06. The highest BCUT2D eigenvalue weighted by Crippen LogP contribution is 2.47. The van der Waals surface area contributed by atoms with E-state index in [9.17, 15) is 9.59 Å². The van der Waals surface area contributed by atoms with Gasteiger partial charge in [0.15, 0.2) is 5.78 Å². The molecule has 6 nitrogen and oxygen atoms in total. The number of carbonyl (C=O) groups is 2. The van der Waals surface area contributed by atoms with Crippen molar-refractivity contribution in [1.29, 1.82) is 0 Å². The van der Waals surface area contributed by atoms with Crippen LogP contribution in [-0.4, -0.2) is 26.0 Å². The van der Waals surface area contributed by atoms with Crippen molar-refractivity contribution in [2.75, 3.05) is 19.1 Å². The van der Waals surface area contributed by atoms with E-state index in [0.29, 0.717) is 29.2 Å². The molecule has 0 radical (unpaired) electrons. The minimum Gasteiger partial charge on any atom is -0.497 e. The lowest BCUT2D eigenvalue weighted by atomic mass is 9.75. The molecule has 1 aliphatic carbocycles. The Hall–Kier alpha value is -3.25. The molecule has 0 spiro atoms. The maximum atomic E-state index is 13.2. The molecule has 1 heterocycles. The van der Waals surface area contributed by atoms with Crippen molar-refractivity contribution in [3.8, 4) is 5.75 Å². The number of nitrogens with two attached hydrogens (primary N) is 1. The van der Waals surface area contributed by atoms with Crippen molar-refractivity contribution in [2.24, 2.45) is 5.73 Å². The summed E-state index contributed by atoms with van der Waals surface area (Å²) in [6.07, 6.45) is 1.82. The lowest BCUT2D eigenvalue weighted by molar-refractivity contribution is -0.136. The topological polar surface area (TPSA) is 81.9 Å². The van der Waals surface area contributed by atoms with E-state index in [1.54, 1.807) is 36.3 Å². The predicted octanol–water partition coefficient (Wildman–Crippen LogP) is 4.30. The Morgan fingerprint density at radius 1 is 1.06 bits per heavy atom. The molecule has 1 aliphatic heterocycles. The average molecular weight is 439 g/mol. The number of ketones is 1. The highest BCUT2D eigenvalue weighted by molar-refractivity contribution is 6.30. The predicted molar refractivity (Wildman–Crippen MR) is 119 cm³/mol. The Morgan fingerprint density at radius 2 is 1.74 bits per heavy atom. The Bertz CT molecular complexity index is 1090. The van der Waals surface area contributed by atoms with E-state index >= 15 is 0 Å². The molecule has 0 amide bonds. The molecule has 0 saturated carbocycles. The first-order valence-electron chi connectivity index (χ1n) is 10.00. The first-order chi connectivity index (χ1) is 15.0. The van der Waals surface area contributed by atoms with Crippen LogP contribution < -0.4 is 15.4 Å². The molecule has 1 atom stereocenters. The molecule has 4 rings (SSSR count). The summed E-state index contributed by atoms with van der Waals surface area (Å²) in [5.74, 6) is -0.228. The summed E-state index contributed by atoms with van der Waals surface area (Å²) < 4.78 is 10.4. The van der Waals surface area contributed by atoms with Crippen molar-refractivity contribution < 1.29 is 19.1 Å². The van der Waals surface area contributed by atoms with Crippen LogP contribution in [0.1, 0.15) is 30.7 Å². The van der Waals surface area contributed by atoms with Crippen molar-refractivity contribution >= 4 is 29.0 Å². The molecular weight excluding hydrogens is 416 g/mol. The lowest BCUT2D eigenvalue weighted by Gasteiger charge is -2.40. The quantitative estimate of drug-likeness (QED) is 0.716. The molecule has 31 heavy (non-hydrogen) atoms. The molecule has 2 N–H and O–H groups in total. The van der Waals surface area contributed by atoms with E-state index in [-0.39, 0.29) is 17.2 Å². The molecule has 7 heteroatoms. The number of carbonyl (C=O) groups excluding carboxylic acids is 2. The zero-order valence-electron chi connectivity index (χ0n) is 17.4. The van der Waals surface area contributed by atoms with Gasteiger partial charge in [0, 0.05) is 28.4 Å². The van der Waals surface area contributed by atoms with Crippen LogP contribution in [0.2, 0.25) is 5.02 Å². The normalized spacial score (nSPS) is 18.7. The van der Waals surface area contributed by atoms with E-state index in [1.807, 2.05) is 24.3 Å². The van der Waals surface area contributed by atoms with Crippen LogP contribution in [-0.2, 0) is 14.3 Å². The van der Waals surface area contributed by atoms with Crippen molar-refractivity contribution in [2.45, 2.75) is 25.2 Å². The lowest BCUT2D eigenvalue weighted by Crippen LogP contribution is -2.40. The number of rotatable bonds is 4. The minimum absolute atomic E-state index is 0.00920. The second-order valence-electron chi connectivity index (χ2n) is 7.45. The second-order valence-corrected chi connectivity index (χ2v) is 7.88. The molecule has 2 aromatic carbocycles. The number of nitrogens with zero attached hydrogens (tertiary/aromatic N) is 1. The number of hydrogen-bond acceptors (Lipinski definition) is 6. The van der Waals surface area contributed by atoms with Gasteiger partial charge in [-0.05, 0) is 54.8 Å². The van der Waals surface area contributed by atoms with Crippen LogP contribution in [0.3, 0.4) is 0 Å². The van der Waals surface area contributed by atoms with Crippen LogP contribution in [0.4, 0.5) is 5.69 Å². The number of methoxy groups -OCH3 is 2. The number of halogens is 1. The second kappa shape index (κ2) is 8.47. The molecule has 0 saturated heterocycles. The smallest absolute Gasteiger partial charge is 0.338 e. The van der Waals surface area contributed by atoms with Gasteiger partial charge in [0.1, 0.15) is 11.6 Å². The molecule has 2 aliphatic rings. The summed E-state index contributed by atoms with van der Waals surface area (Å²) in [5, 5.41) is 0.585. The zero-order valence-corrected chi connectivity index (χ0v) is 18.1. The van der Waals surface area contributed by atoms with Crippen LogP contribution in [0.15, 0.2) is 71.2 Å². The largest absolute Gasteiger partial charge is 0.497 e. The van der Waals surface area contributed by atoms with E-state index < -0.39 is 11.9 Å². The van der Waals surface area contributed by atoms with Crippen LogP contribution in [0.25, 0.3) is 0 Å². The van der Waals surface area contributed by atoms with Gasteiger partial charge in [-0.1, -0.05) is 23.7 Å². The summed E-state index contributed by atoms with van der Waals surface area (Å²) in [5.41, 5.74) is 9.76. The fourth-order valence-corrected chi connectivity index (χ4v) is 4.44. The van der Waals surface area contributed by atoms with Gasteiger partial charge in [-0.2, -0.15) is 0 Å². The van der Waals surface area contributed by atoms with Crippen molar-refractivity contribution in [3.05, 3.63) is 81.8 Å². The summed E-state index contributed by atoms with van der Waals surface area (Å²) in [7, 11) is 2.90. The summed E-state index contributed by atoms with van der Waals surface area (Å²) in [6.45, 7) is 0. The van der Waals surface area contributed by atoms with Crippen LogP contribution in [0.5, 0.6) is 5.75 Å². The molecule has 0 aromatic heterocycles. The first kappa shape index (κ1) is 21.0. The third-order valence-electron chi connectivity index (χ3n) is 5.73. The van der Waals surface area contributed by atoms with Gasteiger partial charge in [0.2, 0.25) is 0 Å². The molecule has 2 aromatic rings. The number of Topliss-reactive ketones (excluding diaryl/α,β-unsaturated/α-hetero) is 1. The number of esters is 1. The first-order valence-corrected chi connectivity index (χ1v) is 10.4. The van der Waals surface area contributed by atoms with Crippen LogP contribution >= 0.6 is 11.6 Å². The van der Waals surface area contributed by atoms with E-state index in [0.717, 1.165) is 23.4 Å². The highest BCUT2D eigenvalue weighted by Gasteiger charge is 2.42. The molecule has 0 bridgehead atoms. The van der Waals surface area contributed by atoms with Gasteiger partial charge < -0.3 is 15.2 Å². The molecule has 0 unspecified atom stereocenters. The fourth-order valence-electron chi connectivity index (χ4n) is 4.31.